The van der Waals surface area contributed by atoms with E-state index in [0.717, 1.165) is 4.57 Å². The molecule has 0 saturated carbocycles. The smallest absolute Gasteiger partial charge is 0.332 e. The van der Waals surface area contributed by atoms with Crippen LogP contribution in [-0.4, -0.2) is 45.2 Å². The summed E-state index contributed by atoms with van der Waals surface area (Å²) in [7, 11) is 4.62. The Morgan fingerprint density at radius 3 is 2.57 bits per heavy atom. The molecular formula is C19H22N4O4S. The number of aromatic nitrogens is 4. The lowest BCUT2D eigenvalue weighted by molar-refractivity contribution is 0.164. The zero-order valence-corrected chi connectivity index (χ0v) is 17.1. The van der Waals surface area contributed by atoms with Crippen LogP contribution >= 0.6 is 11.8 Å². The van der Waals surface area contributed by atoms with Gasteiger partial charge < -0.3 is 9.47 Å². The van der Waals surface area contributed by atoms with Crippen LogP contribution in [0, 0.1) is 0 Å². The third kappa shape index (κ3) is 3.67. The maximum absolute atomic E-state index is 12.8. The van der Waals surface area contributed by atoms with E-state index in [1.165, 1.54) is 23.4 Å². The molecule has 2 heterocycles. The molecule has 0 fully saturated rings. The number of ether oxygens (including phenoxy) is 2. The van der Waals surface area contributed by atoms with Gasteiger partial charge in [-0.15, -0.1) is 11.8 Å². The molecule has 2 aromatic heterocycles. The lowest BCUT2D eigenvalue weighted by Gasteiger charge is -2.13. The van der Waals surface area contributed by atoms with Gasteiger partial charge in [-0.1, -0.05) is 12.1 Å². The van der Waals surface area contributed by atoms with Crippen molar-refractivity contribution >= 4 is 22.8 Å². The first-order valence-electron chi connectivity index (χ1n) is 8.81. The van der Waals surface area contributed by atoms with Crippen LogP contribution in [-0.2, 0) is 18.8 Å². The van der Waals surface area contributed by atoms with Gasteiger partial charge in [0.2, 0.25) is 0 Å². The molecule has 0 amide bonds. The fourth-order valence-corrected chi connectivity index (χ4v) is 3.69. The molecule has 0 aliphatic heterocycles. The first-order valence-corrected chi connectivity index (χ1v) is 9.79. The Hall–Kier alpha value is -2.65. The molecule has 28 heavy (non-hydrogen) atoms. The zero-order chi connectivity index (χ0) is 20.3. The van der Waals surface area contributed by atoms with Gasteiger partial charge in [0.15, 0.2) is 11.5 Å². The Kier molecular flexibility index (Phi) is 6.15. The Morgan fingerprint density at radius 1 is 1.11 bits per heavy atom. The second-order valence-corrected chi connectivity index (χ2v) is 7.09. The lowest BCUT2D eigenvalue weighted by atomic mass is 10.2. The molecule has 3 rings (SSSR count). The molecule has 0 bridgehead atoms. The minimum atomic E-state index is -0.438. The monoisotopic (exact) mass is 402 g/mol. The highest BCUT2D eigenvalue weighted by Crippen LogP contribution is 2.30. The van der Waals surface area contributed by atoms with Gasteiger partial charge in [-0.05, 0) is 19.1 Å². The molecule has 0 aliphatic rings. The number of nitrogens with zero attached hydrogens (tertiary/aromatic N) is 4. The molecule has 9 heteroatoms. The summed E-state index contributed by atoms with van der Waals surface area (Å²) in [6, 6.07) is 7.37. The number of rotatable bonds is 7. The Bertz CT molecular complexity index is 1120. The molecule has 0 saturated heterocycles. The molecule has 0 spiro atoms. The second kappa shape index (κ2) is 8.57. The van der Waals surface area contributed by atoms with E-state index in [-0.39, 0.29) is 0 Å². The number of benzene rings is 1. The van der Waals surface area contributed by atoms with E-state index in [1.807, 2.05) is 31.2 Å². The molecular weight excluding hydrogens is 380 g/mol. The van der Waals surface area contributed by atoms with Crippen LogP contribution in [0.4, 0.5) is 0 Å². The van der Waals surface area contributed by atoms with E-state index in [2.05, 4.69) is 9.97 Å². The topological polar surface area (TPSA) is 88.2 Å². The summed E-state index contributed by atoms with van der Waals surface area (Å²) in [5, 5.41) is 0.839. The van der Waals surface area contributed by atoms with Gasteiger partial charge in [0, 0.05) is 26.5 Å². The summed E-state index contributed by atoms with van der Waals surface area (Å²) in [6.45, 7) is 3.08. The maximum atomic E-state index is 12.8. The predicted octanol–water partition coefficient (Wildman–Crippen LogP) is 1.83. The normalized spacial score (nSPS) is 11.1. The van der Waals surface area contributed by atoms with Crippen molar-refractivity contribution in [3.63, 3.8) is 0 Å². The van der Waals surface area contributed by atoms with Crippen LogP contribution < -0.4 is 16.0 Å². The Labute approximate surface area is 166 Å². The first-order chi connectivity index (χ1) is 13.5. The minimum absolute atomic E-state index is 0.294. The molecule has 0 atom stereocenters. The molecule has 0 aliphatic carbocycles. The summed E-state index contributed by atoms with van der Waals surface area (Å²) in [5.74, 6) is 1.63. The number of para-hydroxylation sites is 1. The van der Waals surface area contributed by atoms with Gasteiger partial charge in [-0.3, -0.25) is 13.9 Å². The van der Waals surface area contributed by atoms with Crippen LogP contribution in [0.1, 0.15) is 6.92 Å². The van der Waals surface area contributed by atoms with Crippen molar-refractivity contribution in [1.82, 2.24) is 19.1 Å². The Morgan fingerprint density at radius 2 is 1.86 bits per heavy atom. The standard InChI is InChI=1S/C19H22N4O4S/c1-5-27-10-11-28-17-14-16(22(2)19(25)23(3)18(14)24)20-15(21-17)12-8-6-7-9-13(12)26-4/h6-9H,5,10-11H2,1-4H3. The lowest BCUT2D eigenvalue weighted by Crippen LogP contribution is -2.37. The van der Waals surface area contributed by atoms with Crippen LogP contribution in [0.25, 0.3) is 22.4 Å². The van der Waals surface area contributed by atoms with Crippen molar-refractivity contribution in [2.45, 2.75) is 11.9 Å². The third-order valence-electron chi connectivity index (χ3n) is 4.29. The van der Waals surface area contributed by atoms with Crippen molar-refractivity contribution in [2.75, 3.05) is 26.1 Å². The maximum Gasteiger partial charge on any atom is 0.332 e. The fraction of sp³-hybridized carbons (Fsp3) is 0.368. The van der Waals surface area contributed by atoms with Gasteiger partial charge in [0.1, 0.15) is 16.2 Å². The van der Waals surface area contributed by atoms with E-state index < -0.39 is 11.2 Å². The summed E-state index contributed by atoms with van der Waals surface area (Å²) in [5.41, 5.74) is 0.130. The van der Waals surface area contributed by atoms with E-state index in [0.29, 0.717) is 52.2 Å². The van der Waals surface area contributed by atoms with Crippen molar-refractivity contribution in [2.24, 2.45) is 14.1 Å². The minimum Gasteiger partial charge on any atom is -0.496 e. The SMILES string of the molecule is CCOCCSc1nc(-c2ccccc2OC)nc2c1c(=O)n(C)c(=O)n2C. The Balaban J connectivity index is 2.27. The van der Waals surface area contributed by atoms with E-state index >= 15 is 0 Å². The molecule has 148 valence electrons. The van der Waals surface area contributed by atoms with Crippen molar-refractivity contribution in [3.05, 3.63) is 45.1 Å². The third-order valence-corrected chi connectivity index (χ3v) is 5.22. The molecule has 0 N–H and O–H groups in total. The quantitative estimate of drug-likeness (QED) is 0.338. The van der Waals surface area contributed by atoms with E-state index in [9.17, 15) is 9.59 Å². The highest BCUT2D eigenvalue weighted by Gasteiger charge is 2.19. The van der Waals surface area contributed by atoms with Crippen molar-refractivity contribution in [1.29, 1.82) is 0 Å². The number of aryl methyl sites for hydroxylation is 1. The highest BCUT2D eigenvalue weighted by atomic mass is 32.2. The number of thioether (sulfide) groups is 1. The predicted molar refractivity (Wildman–Crippen MR) is 109 cm³/mol. The van der Waals surface area contributed by atoms with Crippen LogP contribution in [0.5, 0.6) is 5.75 Å². The second-order valence-electron chi connectivity index (χ2n) is 6.00. The van der Waals surface area contributed by atoms with E-state index in [4.69, 9.17) is 9.47 Å². The van der Waals surface area contributed by atoms with Crippen LogP contribution in [0.3, 0.4) is 0 Å². The highest BCUT2D eigenvalue weighted by molar-refractivity contribution is 7.99. The van der Waals surface area contributed by atoms with Crippen LogP contribution in [0.2, 0.25) is 0 Å². The largest absolute Gasteiger partial charge is 0.496 e. The fourth-order valence-electron chi connectivity index (χ4n) is 2.82. The zero-order valence-electron chi connectivity index (χ0n) is 16.3. The number of hydrogen-bond acceptors (Lipinski definition) is 7. The summed E-state index contributed by atoms with van der Waals surface area (Å²) in [4.78, 5) is 34.4. The average Bonchev–Trinajstić information content (AvgIpc) is 2.73. The van der Waals surface area contributed by atoms with Gasteiger partial charge in [0.05, 0.1) is 19.3 Å². The van der Waals surface area contributed by atoms with Gasteiger partial charge in [-0.25, -0.2) is 14.8 Å². The molecule has 1 aromatic carbocycles. The summed E-state index contributed by atoms with van der Waals surface area (Å²) in [6.07, 6.45) is 0. The molecule has 0 radical (unpaired) electrons. The van der Waals surface area contributed by atoms with E-state index in [1.54, 1.807) is 14.2 Å². The number of methoxy groups -OCH3 is 1. The summed E-state index contributed by atoms with van der Waals surface area (Å²) < 4.78 is 13.2. The van der Waals surface area contributed by atoms with Crippen molar-refractivity contribution in [3.8, 4) is 17.1 Å². The van der Waals surface area contributed by atoms with Gasteiger partial charge in [0.25, 0.3) is 5.56 Å². The number of fused-ring (bicyclic) bond motifs is 1. The molecule has 3 aromatic rings. The average molecular weight is 402 g/mol. The molecule has 0 unspecified atom stereocenters. The number of hydrogen-bond donors (Lipinski definition) is 0. The van der Waals surface area contributed by atoms with Gasteiger partial charge >= 0.3 is 5.69 Å². The van der Waals surface area contributed by atoms with Gasteiger partial charge in [-0.2, -0.15) is 0 Å². The van der Waals surface area contributed by atoms with Crippen molar-refractivity contribution < 1.29 is 9.47 Å². The molecule has 8 nitrogen and oxygen atoms in total. The van der Waals surface area contributed by atoms with Crippen LogP contribution in [0.15, 0.2) is 38.9 Å². The summed E-state index contributed by atoms with van der Waals surface area (Å²) >= 11 is 1.40. The first kappa shape index (κ1) is 20.1.